The Morgan fingerprint density at radius 3 is 2.50 bits per heavy atom. The van der Waals surface area contributed by atoms with Gasteiger partial charge in [-0.05, 0) is 51.0 Å². The molecule has 0 heterocycles. The van der Waals surface area contributed by atoms with Crippen molar-refractivity contribution < 1.29 is 19.2 Å². The summed E-state index contributed by atoms with van der Waals surface area (Å²) in [5, 5.41) is 17.3. The van der Waals surface area contributed by atoms with E-state index in [1.54, 1.807) is 30.3 Å². The van der Waals surface area contributed by atoms with Crippen molar-refractivity contribution >= 4 is 23.0 Å². The fourth-order valence-electron chi connectivity index (χ4n) is 2.73. The van der Waals surface area contributed by atoms with Crippen LogP contribution in [0.4, 0.5) is 17.1 Å². The van der Waals surface area contributed by atoms with E-state index in [1.165, 1.54) is 6.07 Å². The number of amides is 1. The molecule has 8 heteroatoms. The molecule has 1 aliphatic carbocycles. The van der Waals surface area contributed by atoms with Gasteiger partial charge in [-0.15, -0.1) is 0 Å². The molecule has 0 aromatic heterocycles. The minimum atomic E-state index is -0.483. The van der Waals surface area contributed by atoms with Gasteiger partial charge in [0.05, 0.1) is 23.8 Å². The molecule has 1 saturated carbocycles. The van der Waals surface area contributed by atoms with Crippen LogP contribution in [0.5, 0.6) is 11.5 Å². The highest BCUT2D eigenvalue weighted by molar-refractivity contribution is 6.06. The van der Waals surface area contributed by atoms with Crippen molar-refractivity contribution in [2.45, 2.75) is 32.7 Å². The topological polar surface area (TPSA) is 103 Å². The zero-order valence-corrected chi connectivity index (χ0v) is 15.9. The van der Waals surface area contributed by atoms with Crippen LogP contribution in [0, 0.1) is 10.1 Å². The van der Waals surface area contributed by atoms with Crippen LogP contribution in [0.15, 0.2) is 36.4 Å². The van der Waals surface area contributed by atoms with E-state index in [1.807, 2.05) is 13.8 Å². The highest BCUT2D eigenvalue weighted by atomic mass is 16.6. The maximum absolute atomic E-state index is 12.7. The quantitative estimate of drug-likeness (QED) is 0.495. The van der Waals surface area contributed by atoms with Gasteiger partial charge in [-0.2, -0.15) is 0 Å². The number of rotatable bonds is 9. The Balaban J connectivity index is 1.84. The molecule has 0 aliphatic heterocycles. The molecule has 2 aromatic carbocycles. The van der Waals surface area contributed by atoms with Crippen LogP contribution < -0.4 is 20.1 Å². The van der Waals surface area contributed by atoms with Crippen molar-refractivity contribution in [2.24, 2.45) is 0 Å². The van der Waals surface area contributed by atoms with Gasteiger partial charge >= 0.3 is 0 Å². The predicted molar refractivity (Wildman–Crippen MR) is 106 cm³/mol. The van der Waals surface area contributed by atoms with E-state index in [9.17, 15) is 14.9 Å². The maximum atomic E-state index is 12.7. The van der Waals surface area contributed by atoms with Gasteiger partial charge in [0.15, 0.2) is 0 Å². The van der Waals surface area contributed by atoms with Gasteiger partial charge in [-0.1, -0.05) is 0 Å². The summed E-state index contributed by atoms with van der Waals surface area (Å²) in [6, 6.07) is 9.85. The highest BCUT2D eigenvalue weighted by Crippen LogP contribution is 2.33. The van der Waals surface area contributed by atoms with E-state index in [4.69, 9.17) is 9.47 Å². The first-order valence-corrected chi connectivity index (χ1v) is 9.27. The normalized spacial score (nSPS) is 12.9. The van der Waals surface area contributed by atoms with Gasteiger partial charge in [0.1, 0.15) is 17.2 Å². The molecule has 0 saturated heterocycles. The van der Waals surface area contributed by atoms with Gasteiger partial charge in [0.25, 0.3) is 11.6 Å². The van der Waals surface area contributed by atoms with Crippen LogP contribution in [0.1, 0.15) is 37.0 Å². The SMILES string of the molecule is CCOc1ccc(OCC)c(NC(=O)c2ccc(NC3CC3)c([N+](=O)[O-])c2)c1. The molecule has 0 unspecified atom stereocenters. The number of anilines is 2. The molecule has 1 aliphatic rings. The molecular formula is C20H23N3O5. The lowest BCUT2D eigenvalue weighted by Gasteiger charge is -2.14. The lowest BCUT2D eigenvalue weighted by atomic mass is 10.1. The average molecular weight is 385 g/mol. The number of nitrogens with zero attached hydrogens (tertiary/aromatic N) is 1. The van der Waals surface area contributed by atoms with Gasteiger partial charge in [-0.3, -0.25) is 14.9 Å². The molecule has 1 fully saturated rings. The largest absolute Gasteiger partial charge is 0.494 e. The summed E-state index contributed by atoms with van der Waals surface area (Å²) in [5.74, 6) is 0.632. The smallest absolute Gasteiger partial charge is 0.293 e. The van der Waals surface area contributed by atoms with Crippen molar-refractivity contribution in [2.75, 3.05) is 23.8 Å². The van der Waals surface area contributed by atoms with Crippen LogP contribution in [0.2, 0.25) is 0 Å². The van der Waals surface area contributed by atoms with E-state index in [-0.39, 0.29) is 17.3 Å². The monoisotopic (exact) mass is 385 g/mol. The van der Waals surface area contributed by atoms with Crippen molar-refractivity contribution in [1.29, 1.82) is 0 Å². The molecule has 0 radical (unpaired) electrons. The first-order chi connectivity index (χ1) is 13.5. The van der Waals surface area contributed by atoms with Gasteiger partial charge in [-0.25, -0.2) is 0 Å². The summed E-state index contributed by atoms with van der Waals surface area (Å²) in [6.45, 7) is 4.63. The second kappa shape index (κ2) is 8.60. The third kappa shape index (κ3) is 4.70. The summed E-state index contributed by atoms with van der Waals surface area (Å²) in [7, 11) is 0. The van der Waals surface area contributed by atoms with Crippen LogP contribution in [0.3, 0.4) is 0 Å². The molecular weight excluding hydrogens is 362 g/mol. The molecule has 3 rings (SSSR count). The third-order valence-corrected chi connectivity index (χ3v) is 4.20. The third-order valence-electron chi connectivity index (χ3n) is 4.20. The van der Waals surface area contributed by atoms with E-state index in [2.05, 4.69) is 10.6 Å². The average Bonchev–Trinajstić information content (AvgIpc) is 3.48. The number of carbonyl (C=O) groups excluding carboxylic acids is 1. The first-order valence-electron chi connectivity index (χ1n) is 9.27. The molecule has 148 valence electrons. The van der Waals surface area contributed by atoms with E-state index in [0.29, 0.717) is 36.1 Å². The Kier molecular flexibility index (Phi) is 5.98. The Hall–Kier alpha value is -3.29. The fraction of sp³-hybridized carbons (Fsp3) is 0.350. The Morgan fingerprint density at radius 1 is 1.11 bits per heavy atom. The van der Waals surface area contributed by atoms with Crippen LogP contribution >= 0.6 is 0 Å². The van der Waals surface area contributed by atoms with Crippen LogP contribution in [-0.4, -0.2) is 30.1 Å². The van der Waals surface area contributed by atoms with Crippen molar-refractivity contribution in [3.05, 3.63) is 52.1 Å². The second-order valence-electron chi connectivity index (χ2n) is 6.39. The number of hydrogen-bond donors (Lipinski definition) is 2. The van der Waals surface area contributed by atoms with Crippen LogP contribution in [0.25, 0.3) is 0 Å². The summed E-state index contributed by atoms with van der Waals surface area (Å²) in [5.41, 5.74) is 0.947. The summed E-state index contributed by atoms with van der Waals surface area (Å²) >= 11 is 0. The van der Waals surface area contributed by atoms with E-state index in [0.717, 1.165) is 12.8 Å². The summed E-state index contributed by atoms with van der Waals surface area (Å²) in [6.07, 6.45) is 1.99. The molecule has 0 atom stereocenters. The van der Waals surface area contributed by atoms with Crippen LogP contribution in [-0.2, 0) is 0 Å². The van der Waals surface area contributed by atoms with Gasteiger partial charge in [0.2, 0.25) is 0 Å². The number of benzene rings is 2. The van der Waals surface area contributed by atoms with Gasteiger partial charge in [0, 0.05) is 23.7 Å². The second-order valence-corrected chi connectivity index (χ2v) is 6.39. The zero-order chi connectivity index (χ0) is 20.1. The lowest BCUT2D eigenvalue weighted by molar-refractivity contribution is -0.384. The first kappa shape index (κ1) is 19.5. The van der Waals surface area contributed by atoms with Crippen molar-refractivity contribution in [3.8, 4) is 11.5 Å². The Morgan fingerprint density at radius 2 is 1.86 bits per heavy atom. The van der Waals surface area contributed by atoms with E-state index >= 15 is 0 Å². The van der Waals surface area contributed by atoms with Crippen molar-refractivity contribution in [1.82, 2.24) is 0 Å². The molecule has 2 N–H and O–H groups in total. The zero-order valence-electron chi connectivity index (χ0n) is 15.9. The predicted octanol–water partition coefficient (Wildman–Crippen LogP) is 4.22. The number of hydrogen-bond acceptors (Lipinski definition) is 6. The molecule has 28 heavy (non-hydrogen) atoms. The highest BCUT2D eigenvalue weighted by Gasteiger charge is 2.25. The van der Waals surface area contributed by atoms with Gasteiger partial charge < -0.3 is 20.1 Å². The lowest BCUT2D eigenvalue weighted by Crippen LogP contribution is -2.14. The number of nitro groups is 1. The Bertz CT molecular complexity index is 880. The molecule has 1 amide bonds. The number of carbonyl (C=O) groups is 1. The minimum Gasteiger partial charge on any atom is -0.494 e. The number of nitro benzene ring substituents is 1. The number of nitrogens with one attached hydrogen (secondary N) is 2. The standard InChI is InChI=1S/C20H23N3O5/c1-3-27-15-8-10-19(28-4-2)17(12-15)22-20(24)13-5-9-16(21-14-6-7-14)18(11-13)23(25)26/h5,8-12,14,21H,3-4,6-7H2,1-2H3,(H,22,24). The summed E-state index contributed by atoms with van der Waals surface area (Å²) in [4.78, 5) is 23.6. The maximum Gasteiger partial charge on any atom is 0.293 e. The summed E-state index contributed by atoms with van der Waals surface area (Å²) < 4.78 is 11.0. The minimum absolute atomic E-state index is 0.118. The molecule has 0 bridgehead atoms. The molecule has 0 spiro atoms. The molecule has 8 nitrogen and oxygen atoms in total. The van der Waals surface area contributed by atoms with E-state index < -0.39 is 10.8 Å². The molecule has 2 aromatic rings. The van der Waals surface area contributed by atoms with Crippen molar-refractivity contribution in [3.63, 3.8) is 0 Å². The fourth-order valence-corrected chi connectivity index (χ4v) is 2.73. The Labute approximate surface area is 163 Å². The number of ether oxygens (including phenoxy) is 2.